The molecule has 0 bridgehead atoms. The van der Waals surface area contributed by atoms with Gasteiger partial charge in [0.05, 0.1) is 5.69 Å². The number of Topliss-reactive ketones (excluding diaryl/α,β-unsaturated/α-hetero) is 1. The predicted octanol–water partition coefficient (Wildman–Crippen LogP) is 6.10. The van der Waals surface area contributed by atoms with E-state index in [2.05, 4.69) is 4.98 Å². The Kier molecular flexibility index (Phi) is 7.97. The van der Waals surface area contributed by atoms with Gasteiger partial charge in [-0.3, -0.25) is 14.6 Å². The first-order valence-corrected chi connectivity index (χ1v) is 12.5. The van der Waals surface area contributed by atoms with Crippen molar-refractivity contribution in [2.24, 2.45) is 11.7 Å². The zero-order valence-corrected chi connectivity index (χ0v) is 21.2. The average Bonchev–Trinajstić information content (AvgIpc) is 2.87. The summed E-state index contributed by atoms with van der Waals surface area (Å²) in [6.07, 6.45) is 1.76. The Bertz CT molecular complexity index is 1340. The Balaban J connectivity index is 1.48. The van der Waals surface area contributed by atoms with Crippen molar-refractivity contribution < 1.29 is 27.2 Å². The molecule has 200 valence electrons. The number of alkyl halides is 2. The molecule has 4 rings (SSSR count). The van der Waals surface area contributed by atoms with E-state index in [-0.39, 0.29) is 48.0 Å². The highest BCUT2D eigenvalue weighted by atomic mass is 19.3. The molecule has 2 atom stereocenters. The molecule has 2 aromatic carbocycles. The number of amides is 1. The number of aromatic nitrogens is 1. The standard InChI is InChI=1S/C29H29F4N3O2/c1-17(34)18-5-3-6-19(13-18)24-10-11-25(27(31)26(24)30)36-12-4-7-20(28(36)38)14-23(37)15-22-9-8-21(16-35-22)29(2,32)33/h3,5-6,8-11,13,16-17,20H,4,7,12,14-15,34H2,1-2H3/t17?,20-/m0/s1. The van der Waals surface area contributed by atoms with Crippen molar-refractivity contribution in [2.45, 2.75) is 51.5 Å². The van der Waals surface area contributed by atoms with Crippen LogP contribution < -0.4 is 10.6 Å². The van der Waals surface area contributed by atoms with Gasteiger partial charge in [0.15, 0.2) is 11.6 Å². The maximum atomic E-state index is 15.2. The third-order valence-corrected chi connectivity index (χ3v) is 6.81. The van der Waals surface area contributed by atoms with E-state index in [9.17, 15) is 18.4 Å². The number of pyridine rings is 1. The van der Waals surface area contributed by atoms with E-state index in [1.54, 1.807) is 31.2 Å². The molecule has 2 N–H and O–H groups in total. The molecule has 5 nitrogen and oxygen atoms in total. The molecule has 0 saturated carbocycles. The van der Waals surface area contributed by atoms with Gasteiger partial charge in [-0.1, -0.05) is 18.2 Å². The van der Waals surface area contributed by atoms with Crippen molar-refractivity contribution >= 4 is 17.4 Å². The zero-order chi connectivity index (χ0) is 27.6. The molecular formula is C29H29F4N3O2. The van der Waals surface area contributed by atoms with Crippen molar-refractivity contribution in [1.82, 2.24) is 4.98 Å². The van der Waals surface area contributed by atoms with E-state index >= 15 is 8.78 Å². The summed E-state index contributed by atoms with van der Waals surface area (Å²) >= 11 is 0. The second kappa shape index (κ2) is 11.0. The molecule has 0 spiro atoms. The summed E-state index contributed by atoms with van der Waals surface area (Å²) < 4.78 is 57.2. The lowest BCUT2D eigenvalue weighted by Gasteiger charge is -2.32. The topological polar surface area (TPSA) is 76.3 Å². The van der Waals surface area contributed by atoms with Crippen LogP contribution in [-0.4, -0.2) is 23.2 Å². The van der Waals surface area contributed by atoms with Crippen LogP contribution in [0.3, 0.4) is 0 Å². The Hall–Kier alpha value is -3.59. The minimum absolute atomic E-state index is 0.0595. The number of anilines is 1. The fraction of sp³-hybridized carbons (Fsp3) is 0.345. The maximum Gasteiger partial charge on any atom is 0.272 e. The van der Waals surface area contributed by atoms with E-state index in [4.69, 9.17) is 5.73 Å². The number of benzene rings is 2. The monoisotopic (exact) mass is 527 g/mol. The van der Waals surface area contributed by atoms with Gasteiger partial charge in [-0.15, -0.1) is 0 Å². The van der Waals surface area contributed by atoms with Gasteiger partial charge in [-0.05, 0) is 61.2 Å². The van der Waals surface area contributed by atoms with Crippen LogP contribution in [0.1, 0.15) is 56.0 Å². The Morgan fingerprint density at radius 1 is 1.16 bits per heavy atom. The van der Waals surface area contributed by atoms with Crippen LogP contribution >= 0.6 is 0 Å². The molecule has 1 amide bonds. The van der Waals surface area contributed by atoms with E-state index in [1.165, 1.54) is 29.2 Å². The number of halogens is 4. The lowest BCUT2D eigenvalue weighted by molar-refractivity contribution is -0.128. The SMILES string of the molecule is CC(N)c1cccc(-c2ccc(N3CCC[C@@H](CC(=O)Cc4ccc(C(C)(F)F)cn4)C3=O)c(F)c2F)c1. The number of hydrogen-bond acceptors (Lipinski definition) is 4. The largest absolute Gasteiger partial charge is 0.324 e. The van der Waals surface area contributed by atoms with Crippen molar-refractivity contribution in [1.29, 1.82) is 0 Å². The van der Waals surface area contributed by atoms with Crippen LogP contribution in [0.25, 0.3) is 11.1 Å². The first-order chi connectivity index (χ1) is 18.0. The third kappa shape index (κ3) is 5.93. The smallest absolute Gasteiger partial charge is 0.272 e. The number of carbonyl (C=O) groups is 2. The molecule has 1 unspecified atom stereocenters. The van der Waals surface area contributed by atoms with Gasteiger partial charge in [0.25, 0.3) is 5.92 Å². The van der Waals surface area contributed by atoms with Crippen LogP contribution in [0, 0.1) is 17.6 Å². The quantitative estimate of drug-likeness (QED) is 0.359. The van der Waals surface area contributed by atoms with Crippen LogP contribution in [0.4, 0.5) is 23.2 Å². The summed E-state index contributed by atoms with van der Waals surface area (Å²) in [5.41, 5.74) is 7.11. The summed E-state index contributed by atoms with van der Waals surface area (Å²) in [6.45, 7) is 2.76. The number of nitrogens with two attached hydrogens (primary N) is 1. The molecule has 2 heterocycles. The highest BCUT2D eigenvalue weighted by molar-refractivity contribution is 5.98. The van der Waals surface area contributed by atoms with E-state index in [0.29, 0.717) is 24.1 Å². The highest BCUT2D eigenvalue weighted by Crippen LogP contribution is 2.34. The minimum Gasteiger partial charge on any atom is -0.324 e. The molecule has 1 aliphatic rings. The fourth-order valence-electron chi connectivity index (χ4n) is 4.68. The van der Waals surface area contributed by atoms with Gasteiger partial charge in [-0.25, -0.2) is 17.6 Å². The number of hydrogen-bond donors (Lipinski definition) is 1. The van der Waals surface area contributed by atoms with E-state index in [1.807, 2.05) is 0 Å². The molecule has 3 aromatic rings. The van der Waals surface area contributed by atoms with Gasteiger partial charge < -0.3 is 10.6 Å². The van der Waals surface area contributed by atoms with Gasteiger partial charge in [0.2, 0.25) is 5.91 Å². The van der Waals surface area contributed by atoms with E-state index < -0.39 is 29.4 Å². The first-order valence-electron chi connectivity index (χ1n) is 12.5. The highest BCUT2D eigenvalue weighted by Gasteiger charge is 2.33. The second-order valence-electron chi connectivity index (χ2n) is 9.85. The average molecular weight is 528 g/mol. The fourth-order valence-corrected chi connectivity index (χ4v) is 4.68. The molecule has 1 saturated heterocycles. The van der Waals surface area contributed by atoms with Crippen molar-refractivity contribution in [2.75, 3.05) is 11.4 Å². The van der Waals surface area contributed by atoms with Crippen molar-refractivity contribution in [3.63, 3.8) is 0 Å². The van der Waals surface area contributed by atoms with Crippen LogP contribution in [0.2, 0.25) is 0 Å². The van der Waals surface area contributed by atoms with Crippen molar-refractivity contribution in [3.05, 3.63) is 83.2 Å². The summed E-state index contributed by atoms with van der Waals surface area (Å²) in [7, 11) is 0. The normalized spacial score (nSPS) is 17.0. The minimum atomic E-state index is -3.03. The van der Waals surface area contributed by atoms with E-state index in [0.717, 1.165) is 18.7 Å². The van der Waals surface area contributed by atoms with Crippen LogP contribution in [-0.2, 0) is 21.9 Å². The predicted molar refractivity (Wildman–Crippen MR) is 137 cm³/mol. The lowest BCUT2D eigenvalue weighted by Crippen LogP contribution is -2.42. The number of nitrogens with zero attached hydrogens (tertiary/aromatic N) is 2. The zero-order valence-electron chi connectivity index (χ0n) is 21.2. The molecule has 1 fully saturated rings. The summed E-state index contributed by atoms with van der Waals surface area (Å²) in [4.78, 5) is 31.0. The van der Waals surface area contributed by atoms with Gasteiger partial charge in [-0.2, -0.15) is 0 Å². The van der Waals surface area contributed by atoms with Gasteiger partial charge in [0.1, 0.15) is 5.78 Å². The molecule has 1 aliphatic heterocycles. The molecule has 0 aliphatic carbocycles. The van der Waals surface area contributed by atoms with Gasteiger partial charge in [0, 0.05) is 61.3 Å². The van der Waals surface area contributed by atoms with Gasteiger partial charge >= 0.3 is 0 Å². The van der Waals surface area contributed by atoms with Crippen molar-refractivity contribution in [3.8, 4) is 11.1 Å². The summed E-state index contributed by atoms with van der Waals surface area (Å²) in [5.74, 6) is -6.67. The molecular weight excluding hydrogens is 498 g/mol. The number of carbonyl (C=O) groups excluding carboxylic acids is 2. The van der Waals surface area contributed by atoms with Crippen LogP contribution in [0.5, 0.6) is 0 Å². The molecule has 0 radical (unpaired) electrons. The number of piperidine rings is 1. The molecule has 38 heavy (non-hydrogen) atoms. The Labute approximate surface area is 218 Å². The Morgan fingerprint density at radius 2 is 1.92 bits per heavy atom. The van der Waals surface area contributed by atoms with Crippen LogP contribution in [0.15, 0.2) is 54.7 Å². The number of rotatable bonds is 8. The second-order valence-corrected chi connectivity index (χ2v) is 9.85. The number of ketones is 1. The Morgan fingerprint density at radius 3 is 2.58 bits per heavy atom. The maximum absolute atomic E-state index is 15.2. The third-order valence-electron chi connectivity index (χ3n) is 6.81. The summed E-state index contributed by atoms with van der Waals surface area (Å²) in [5, 5.41) is 0. The molecule has 1 aromatic heterocycles. The summed E-state index contributed by atoms with van der Waals surface area (Å²) in [6, 6.07) is 12.0. The first kappa shape index (κ1) is 27.4. The lowest BCUT2D eigenvalue weighted by atomic mass is 9.90. The molecule has 9 heteroatoms.